The molecule has 0 radical (unpaired) electrons. The monoisotopic (exact) mass is 335 g/mol. The second-order valence-electron chi connectivity index (χ2n) is 5.19. The number of nitrogens with one attached hydrogen (secondary N) is 1. The first-order valence-corrected chi connectivity index (χ1v) is 7.21. The van der Waals surface area contributed by atoms with Crippen LogP contribution in [0.1, 0.15) is 31.3 Å². The van der Waals surface area contributed by atoms with Crippen molar-refractivity contribution in [3.05, 3.63) is 54.1 Å². The molecular formula is C15H18BrN3O. The summed E-state index contributed by atoms with van der Waals surface area (Å²) in [6.07, 6.45) is 3.60. The van der Waals surface area contributed by atoms with Gasteiger partial charge in [-0.1, -0.05) is 46.3 Å². The lowest BCUT2D eigenvalue weighted by Crippen LogP contribution is -2.40. The minimum Gasteiger partial charge on any atom is -0.341 e. The summed E-state index contributed by atoms with van der Waals surface area (Å²) in [6, 6.07) is 9.57. The van der Waals surface area contributed by atoms with Crippen molar-refractivity contribution in [3.8, 4) is 0 Å². The van der Waals surface area contributed by atoms with E-state index in [4.69, 9.17) is 0 Å². The van der Waals surface area contributed by atoms with Gasteiger partial charge in [-0.25, -0.2) is 4.98 Å². The zero-order valence-corrected chi connectivity index (χ0v) is 13.4. The Labute approximate surface area is 127 Å². The van der Waals surface area contributed by atoms with Gasteiger partial charge in [0, 0.05) is 19.4 Å². The van der Waals surface area contributed by atoms with Gasteiger partial charge in [-0.05, 0) is 19.4 Å². The summed E-state index contributed by atoms with van der Waals surface area (Å²) in [7, 11) is 1.92. The number of carbonyl (C=O) groups is 1. The maximum atomic E-state index is 12.3. The van der Waals surface area contributed by atoms with E-state index in [1.807, 2.05) is 62.0 Å². The SMILES string of the molecule is Cn1ccnc1C(NC(=O)C(C)(C)Br)c1ccccc1. The maximum absolute atomic E-state index is 12.3. The largest absolute Gasteiger partial charge is 0.341 e. The molecule has 0 aliphatic rings. The second kappa shape index (κ2) is 5.79. The van der Waals surface area contributed by atoms with Crippen LogP contribution in [0.15, 0.2) is 42.7 Å². The van der Waals surface area contributed by atoms with Crippen LogP contribution in [0.5, 0.6) is 0 Å². The molecular weight excluding hydrogens is 318 g/mol. The molecule has 1 aromatic heterocycles. The lowest BCUT2D eigenvalue weighted by molar-refractivity contribution is -0.123. The molecule has 1 N–H and O–H groups in total. The third-order valence-electron chi connectivity index (χ3n) is 3.06. The molecule has 0 saturated heterocycles. The van der Waals surface area contributed by atoms with Gasteiger partial charge in [-0.2, -0.15) is 0 Å². The van der Waals surface area contributed by atoms with Crippen LogP contribution in [0, 0.1) is 0 Å². The van der Waals surface area contributed by atoms with Crippen LogP contribution >= 0.6 is 15.9 Å². The van der Waals surface area contributed by atoms with Crippen LogP contribution in [0.25, 0.3) is 0 Å². The average molecular weight is 336 g/mol. The molecule has 106 valence electrons. The molecule has 1 atom stereocenters. The molecule has 2 rings (SSSR count). The quantitative estimate of drug-likeness (QED) is 0.873. The van der Waals surface area contributed by atoms with Crippen molar-refractivity contribution in [1.29, 1.82) is 0 Å². The number of hydrogen-bond acceptors (Lipinski definition) is 2. The van der Waals surface area contributed by atoms with E-state index in [0.29, 0.717) is 0 Å². The van der Waals surface area contributed by atoms with Gasteiger partial charge in [0.25, 0.3) is 0 Å². The second-order valence-corrected chi connectivity index (χ2v) is 7.17. The maximum Gasteiger partial charge on any atom is 0.237 e. The first kappa shape index (κ1) is 14.8. The van der Waals surface area contributed by atoms with Crippen molar-refractivity contribution in [2.24, 2.45) is 7.05 Å². The van der Waals surface area contributed by atoms with Crippen molar-refractivity contribution in [2.75, 3.05) is 0 Å². The molecule has 0 fully saturated rings. The summed E-state index contributed by atoms with van der Waals surface area (Å²) in [4.78, 5) is 16.6. The molecule has 4 nitrogen and oxygen atoms in total. The minimum absolute atomic E-state index is 0.0747. The van der Waals surface area contributed by atoms with Gasteiger partial charge in [-0.15, -0.1) is 0 Å². The molecule has 1 amide bonds. The van der Waals surface area contributed by atoms with E-state index in [1.165, 1.54) is 0 Å². The van der Waals surface area contributed by atoms with Crippen molar-refractivity contribution in [2.45, 2.75) is 24.2 Å². The lowest BCUT2D eigenvalue weighted by atomic mass is 10.0. The predicted molar refractivity (Wildman–Crippen MR) is 82.6 cm³/mol. The molecule has 1 heterocycles. The van der Waals surface area contributed by atoms with Crippen LogP contribution in [0.3, 0.4) is 0 Å². The highest BCUT2D eigenvalue weighted by molar-refractivity contribution is 9.10. The number of aryl methyl sites for hydroxylation is 1. The summed E-state index contributed by atoms with van der Waals surface area (Å²) >= 11 is 3.39. The summed E-state index contributed by atoms with van der Waals surface area (Å²) < 4.78 is 1.30. The Kier molecular flexibility index (Phi) is 4.28. The minimum atomic E-state index is -0.620. The van der Waals surface area contributed by atoms with Gasteiger partial charge in [0.1, 0.15) is 11.9 Å². The Balaban J connectivity index is 2.36. The van der Waals surface area contributed by atoms with E-state index >= 15 is 0 Å². The molecule has 1 aromatic carbocycles. The van der Waals surface area contributed by atoms with Gasteiger partial charge in [0.15, 0.2) is 0 Å². The fourth-order valence-electron chi connectivity index (χ4n) is 1.90. The number of amides is 1. The number of hydrogen-bond donors (Lipinski definition) is 1. The zero-order valence-electron chi connectivity index (χ0n) is 11.8. The Morgan fingerprint density at radius 2 is 2.00 bits per heavy atom. The predicted octanol–water partition coefficient (Wildman–Crippen LogP) is 2.80. The fourth-order valence-corrected chi connectivity index (χ4v) is 2.01. The number of rotatable bonds is 4. The Morgan fingerprint density at radius 1 is 1.35 bits per heavy atom. The third kappa shape index (κ3) is 3.28. The molecule has 0 saturated carbocycles. The molecule has 0 spiro atoms. The topological polar surface area (TPSA) is 46.9 Å². The van der Waals surface area contributed by atoms with Crippen molar-refractivity contribution >= 4 is 21.8 Å². The number of benzene rings is 1. The number of alkyl halides is 1. The number of imidazole rings is 1. The standard InChI is InChI=1S/C15H18BrN3O/c1-15(2,16)14(20)18-12(11-7-5-4-6-8-11)13-17-9-10-19(13)3/h4-10,12H,1-3H3,(H,18,20). The first-order chi connectivity index (χ1) is 9.39. The lowest BCUT2D eigenvalue weighted by Gasteiger charge is -2.23. The van der Waals surface area contributed by atoms with Gasteiger partial charge in [-0.3, -0.25) is 4.79 Å². The molecule has 0 aliphatic carbocycles. The van der Waals surface area contributed by atoms with E-state index in [2.05, 4.69) is 26.2 Å². The summed E-state index contributed by atoms with van der Waals surface area (Å²) in [5.74, 6) is 0.732. The summed E-state index contributed by atoms with van der Waals surface area (Å²) in [6.45, 7) is 3.64. The first-order valence-electron chi connectivity index (χ1n) is 6.41. The number of halogens is 1. The molecule has 20 heavy (non-hydrogen) atoms. The smallest absolute Gasteiger partial charge is 0.237 e. The Morgan fingerprint density at radius 3 is 2.50 bits per heavy atom. The molecule has 1 unspecified atom stereocenters. The van der Waals surface area contributed by atoms with Crippen molar-refractivity contribution in [1.82, 2.24) is 14.9 Å². The van der Waals surface area contributed by atoms with Crippen LogP contribution in [-0.4, -0.2) is 19.8 Å². The van der Waals surface area contributed by atoms with E-state index in [1.54, 1.807) is 6.20 Å². The summed E-state index contributed by atoms with van der Waals surface area (Å²) in [5, 5.41) is 3.05. The molecule has 0 bridgehead atoms. The van der Waals surface area contributed by atoms with Gasteiger partial charge in [0.2, 0.25) is 5.91 Å². The molecule has 5 heteroatoms. The molecule has 0 aliphatic heterocycles. The van der Waals surface area contributed by atoms with Crippen LogP contribution in [0.4, 0.5) is 0 Å². The van der Waals surface area contributed by atoms with E-state index in [-0.39, 0.29) is 11.9 Å². The fraction of sp³-hybridized carbons (Fsp3) is 0.333. The number of nitrogens with zero attached hydrogens (tertiary/aromatic N) is 2. The highest BCUT2D eigenvalue weighted by atomic mass is 79.9. The Hall–Kier alpha value is -1.62. The highest BCUT2D eigenvalue weighted by Gasteiger charge is 2.28. The van der Waals surface area contributed by atoms with Crippen LogP contribution in [0.2, 0.25) is 0 Å². The zero-order chi connectivity index (χ0) is 14.8. The molecule has 2 aromatic rings. The normalized spacial score (nSPS) is 13.0. The highest BCUT2D eigenvalue weighted by Crippen LogP contribution is 2.23. The van der Waals surface area contributed by atoms with Crippen LogP contribution < -0.4 is 5.32 Å². The van der Waals surface area contributed by atoms with E-state index in [0.717, 1.165) is 11.4 Å². The average Bonchev–Trinajstić information content (AvgIpc) is 2.81. The van der Waals surface area contributed by atoms with E-state index < -0.39 is 4.32 Å². The number of carbonyl (C=O) groups excluding carboxylic acids is 1. The van der Waals surface area contributed by atoms with Gasteiger partial charge in [0.05, 0.1) is 4.32 Å². The third-order valence-corrected chi connectivity index (χ3v) is 3.43. The van der Waals surface area contributed by atoms with E-state index in [9.17, 15) is 4.79 Å². The summed E-state index contributed by atoms with van der Waals surface area (Å²) in [5.41, 5.74) is 1.01. The van der Waals surface area contributed by atoms with Crippen molar-refractivity contribution in [3.63, 3.8) is 0 Å². The van der Waals surface area contributed by atoms with Crippen LogP contribution in [-0.2, 0) is 11.8 Å². The Bertz CT molecular complexity index is 587. The van der Waals surface area contributed by atoms with Crippen molar-refractivity contribution < 1.29 is 4.79 Å². The number of aromatic nitrogens is 2. The van der Waals surface area contributed by atoms with Gasteiger partial charge >= 0.3 is 0 Å². The van der Waals surface area contributed by atoms with Gasteiger partial charge < -0.3 is 9.88 Å².